The van der Waals surface area contributed by atoms with Crippen molar-refractivity contribution in [2.24, 2.45) is 0 Å². The average molecular weight is 277 g/mol. The highest BCUT2D eigenvalue weighted by molar-refractivity contribution is 5.36. The van der Waals surface area contributed by atoms with Crippen LogP contribution in [0.25, 0.3) is 0 Å². The fraction of sp³-hybridized carbons (Fsp3) is 0.667. The minimum Gasteiger partial charge on any atom is -0.493 e. The predicted octanol–water partition coefficient (Wildman–Crippen LogP) is 4.84. The van der Waals surface area contributed by atoms with Crippen LogP contribution in [0.5, 0.6) is 5.75 Å². The number of hydrogen-bond donors (Lipinski definition) is 1. The fourth-order valence-corrected chi connectivity index (χ4v) is 2.06. The number of aryl methyl sites for hydroxylation is 1. The van der Waals surface area contributed by atoms with Crippen LogP contribution in [0.1, 0.15) is 64.5 Å². The van der Waals surface area contributed by atoms with Crippen LogP contribution in [-0.2, 0) is 6.54 Å². The predicted molar refractivity (Wildman–Crippen MR) is 87.4 cm³/mol. The van der Waals surface area contributed by atoms with E-state index in [2.05, 4.69) is 58.1 Å². The lowest BCUT2D eigenvalue weighted by atomic mass is 10.1. The highest BCUT2D eigenvalue weighted by Gasteiger charge is 2.11. The average Bonchev–Trinajstić information content (AvgIpc) is 2.37. The van der Waals surface area contributed by atoms with Crippen molar-refractivity contribution in [1.29, 1.82) is 0 Å². The molecule has 1 rings (SSSR count). The second kappa shape index (κ2) is 8.31. The van der Waals surface area contributed by atoms with Crippen LogP contribution < -0.4 is 10.1 Å². The molecule has 114 valence electrons. The minimum atomic E-state index is 0.127. The lowest BCUT2D eigenvalue weighted by Crippen LogP contribution is -2.35. The molecule has 0 aliphatic heterocycles. The Balaban J connectivity index is 2.56. The second-order valence-electron chi connectivity index (χ2n) is 6.62. The smallest absolute Gasteiger partial charge is 0.123 e. The van der Waals surface area contributed by atoms with Crippen molar-refractivity contribution in [2.45, 2.75) is 72.4 Å². The number of rotatable bonds is 8. The highest BCUT2D eigenvalue weighted by atomic mass is 16.5. The van der Waals surface area contributed by atoms with E-state index in [1.165, 1.54) is 30.4 Å². The van der Waals surface area contributed by atoms with Crippen LogP contribution in [0, 0.1) is 6.92 Å². The van der Waals surface area contributed by atoms with Crippen molar-refractivity contribution in [2.75, 3.05) is 6.61 Å². The number of ether oxygens (including phenoxy) is 1. The summed E-state index contributed by atoms with van der Waals surface area (Å²) in [6, 6.07) is 6.46. The second-order valence-corrected chi connectivity index (χ2v) is 6.62. The maximum absolute atomic E-state index is 5.96. The van der Waals surface area contributed by atoms with Crippen molar-refractivity contribution in [3.05, 3.63) is 29.3 Å². The first-order valence-electron chi connectivity index (χ1n) is 7.90. The van der Waals surface area contributed by atoms with E-state index in [1.54, 1.807) is 0 Å². The molecular weight excluding hydrogens is 246 g/mol. The number of nitrogens with one attached hydrogen (secondary N) is 1. The Morgan fingerprint density at radius 3 is 2.50 bits per heavy atom. The fourth-order valence-electron chi connectivity index (χ4n) is 2.06. The summed E-state index contributed by atoms with van der Waals surface area (Å²) in [6.45, 7) is 12.6. The zero-order valence-electron chi connectivity index (χ0n) is 13.9. The summed E-state index contributed by atoms with van der Waals surface area (Å²) >= 11 is 0. The molecule has 1 aromatic rings. The van der Waals surface area contributed by atoms with Crippen molar-refractivity contribution < 1.29 is 4.74 Å². The molecule has 0 bridgehead atoms. The minimum absolute atomic E-state index is 0.127. The number of benzene rings is 1. The Morgan fingerprint density at radius 2 is 1.85 bits per heavy atom. The van der Waals surface area contributed by atoms with E-state index in [4.69, 9.17) is 4.74 Å². The van der Waals surface area contributed by atoms with E-state index in [0.717, 1.165) is 25.3 Å². The lowest BCUT2D eigenvalue weighted by molar-refractivity contribution is 0.299. The molecule has 1 aromatic carbocycles. The standard InChI is InChI=1S/C18H31NO/c1-6-7-8-9-12-20-17-11-10-15(2)13-16(17)14-19-18(3,4)5/h10-11,13,19H,6-9,12,14H2,1-5H3. The first kappa shape index (κ1) is 17.0. The normalized spacial score (nSPS) is 11.7. The largest absolute Gasteiger partial charge is 0.493 e. The number of unbranched alkanes of at least 4 members (excludes halogenated alkanes) is 3. The third-order valence-corrected chi connectivity index (χ3v) is 3.28. The van der Waals surface area contributed by atoms with Gasteiger partial charge >= 0.3 is 0 Å². The van der Waals surface area contributed by atoms with Gasteiger partial charge in [-0.05, 0) is 40.2 Å². The summed E-state index contributed by atoms with van der Waals surface area (Å²) in [4.78, 5) is 0. The first-order chi connectivity index (χ1) is 9.42. The van der Waals surface area contributed by atoms with E-state index >= 15 is 0 Å². The van der Waals surface area contributed by atoms with Gasteiger partial charge in [0.15, 0.2) is 0 Å². The third kappa shape index (κ3) is 6.95. The molecular formula is C18H31NO. The zero-order chi connectivity index (χ0) is 15.0. The molecule has 2 nitrogen and oxygen atoms in total. The summed E-state index contributed by atoms with van der Waals surface area (Å²) in [5.41, 5.74) is 2.67. The molecule has 0 radical (unpaired) electrons. The van der Waals surface area contributed by atoms with Crippen molar-refractivity contribution in [3.8, 4) is 5.75 Å². The lowest BCUT2D eigenvalue weighted by Gasteiger charge is -2.22. The summed E-state index contributed by atoms with van der Waals surface area (Å²) in [6.07, 6.45) is 4.98. The van der Waals surface area contributed by atoms with Gasteiger partial charge in [0, 0.05) is 17.6 Å². The van der Waals surface area contributed by atoms with Crippen molar-refractivity contribution >= 4 is 0 Å². The van der Waals surface area contributed by atoms with E-state index in [-0.39, 0.29) is 5.54 Å². The van der Waals surface area contributed by atoms with Crippen LogP contribution >= 0.6 is 0 Å². The monoisotopic (exact) mass is 277 g/mol. The van der Waals surface area contributed by atoms with Crippen LogP contribution in [0.15, 0.2) is 18.2 Å². The Bertz CT molecular complexity index is 393. The molecule has 0 aliphatic carbocycles. The van der Waals surface area contributed by atoms with Crippen LogP contribution in [-0.4, -0.2) is 12.1 Å². The molecule has 0 unspecified atom stereocenters. The quantitative estimate of drug-likeness (QED) is 0.686. The molecule has 0 amide bonds. The summed E-state index contributed by atoms with van der Waals surface area (Å²) in [7, 11) is 0. The SMILES string of the molecule is CCCCCCOc1ccc(C)cc1CNC(C)(C)C. The molecule has 0 spiro atoms. The topological polar surface area (TPSA) is 21.3 Å². The summed E-state index contributed by atoms with van der Waals surface area (Å²) < 4.78 is 5.96. The number of hydrogen-bond acceptors (Lipinski definition) is 2. The van der Waals surface area contributed by atoms with E-state index in [0.29, 0.717) is 0 Å². The van der Waals surface area contributed by atoms with Gasteiger partial charge in [-0.3, -0.25) is 0 Å². The maximum Gasteiger partial charge on any atom is 0.123 e. The van der Waals surface area contributed by atoms with Crippen molar-refractivity contribution in [3.63, 3.8) is 0 Å². The summed E-state index contributed by atoms with van der Waals surface area (Å²) in [5, 5.41) is 3.54. The van der Waals surface area contributed by atoms with Gasteiger partial charge in [-0.1, -0.05) is 43.9 Å². The summed E-state index contributed by atoms with van der Waals surface area (Å²) in [5.74, 6) is 1.03. The van der Waals surface area contributed by atoms with Crippen LogP contribution in [0.4, 0.5) is 0 Å². The maximum atomic E-state index is 5.96. The third-order valence-electron chi connectivity index (χ3n) is 3.28. The molecule has 1 N–H and O–H groups in total. The molecule has 0 saturated carbocycles. The zero-order valence-corrected chi connectivity index (χ0v) is 13.9. The van der Waals surface area contributed by atoms with Crippen molar-refractivity contribution in [1.82, 2.24) is 5.32 Å². The molecule has 0 aromatic heterocycles. The molecule has 0 aliphatic rings. The highest BCUT2D eigenvalue weighted by Crippen LogP contribution is 2.21. The Kier molecular flexibility index (Phi) is 7.08. The molecule has 0 atom stereocenters. The molecule has 0 saturated heterocycles. The van der Waals surface area contributed by atoms with Gasteiger partial charge in [0.2, 0.25) is 0 Å². The Morgan fingerprint density at radius 1 is 1.10 bits per heavy atom. The van der Waals surface area contributed by atoms with Crippen LogP contribution in [0.3, 0.4) is 0 Å². The van der Waals surface area contributed by atoms with Gasteiger partial charge in [-0.15, -0.1) is 0 Å². The van der Waals surface area contributed by atoms with Crippen LogP contribution in [0.2, 0.25) is 0 Å². The van der Waals surface area contributed by atoms with Gasteiger partial charge < -0.3 is 10.1 Å². The van der Waals surface area contributed by atoms with Gasteiger partial charge in [0.1, 0.15) is 5.75 Å². The Labute approximate surface area is 124 Å². The van der Waals surface area contributed by atoms with Gasteiger partial charge in [-0.2, -0.15) is 0 Å². The first-order valence-corrected chi connectivity index (χ1v) is 7.90. The molecule has 20 heavy (non-hydrogen) atoms. The van der Waals surface area contributed by atoms with E-state index in [9.17, 15) is 0 Å². The van der Waals surface area contributed by atoms with E-state index in [1.807, 2.05) is 0 Å². The van der Waals surface area contributed by atoms with Gasteiger partial charge in [-0.25, -0.2) is 0 Å². The Hall–Kier alpha value is -1.02. The van der Waals surface area contributed by atoms with E-state index < -0.39 is 0 Å². The molecule has 2 heteroatoms. The van der Waals surface area contributed by atoms with Gasteiger partial charge in [0.05, 0.1) is 6.61 Å². The molecule has 0 fully saturated rings. The van der Waals surface area contributed by atoms with Gasteiger partial charge in [0.25, 0.3) is 0 Å². The molecule has 0 heterocycles.